The van der Waals surface area contributed by atoms with E-state index in [1.54, 1.807) is 49.6 Å². The van der Waals surface area contributed by atoms with Crippen molar-refractivity contribution in [3.63, 3.8) is 0 Å². The van der Waals surface area contributed by atoms with Crippen LogP contribution in [0.15, 0.2) is 48.5 Å². The molecule has 2 aromatic rings. The van der Waals surface area contributed by atoms with Crippen molar-refractivity contribution in [2.24, 2.45) is 0 Å². The first-order valence-electron chi connectivity index (χ1n) is 8.17. The summed E-state index contributed by atoms with van der Waals surface area (Å²) in [5.74, 6) is 0.870. The van der Waals surface area contributed by atoms with Gasteiger partial charge in [0.1, 0.15) is 5.75 Å². The lowest BCUT2D eigenvalue weighted by Gasteiger charge is -2.12. The number of para-hydroxylation sites is 2. The van der Waals surface area contributed by atoms with Crippen molar-refractivity contribution >= 4 is 11.8 Å². The molecular weight excluding hydrogens is 336 g/mol. The van der Waals surface area contributed by atoms with Crippen molar-refractivity contribution in [1.29, 1.82) is 0 Å². The lowest BCUT2D eigenvalue weighted by Crippen LogP contribution is -2.44. The van der Waals surface area contributed by atoms with Crippen LogP contribution in [0, 0.1) is 0 Å². The van der Waals surface area contributed by atoms with Crippen molar-refractivity contribution in [3.05, 3.63) is 54.1 Å². The molecule has 2 N–H and O–H groups in total. The minimum Gasteiger partial charge on any atom is -0.497 e. The first-order valence-corrected chi connectivity index (χ1v) is 8.17. The second kappa shape index (κ2) is 9.93. The third-order valence-corrected chi connectivity index (χ3v) is 3.35. The molecule has 7 nitrogen and oxygen atoms in total. The summed E-state index contributed by atoms with van der Waals surface area (Å²) in [6.45, 7) is 2.11. The summed E-state index contributed by atoms with van der Waals surface area (Å²) in [6.07, 6.45) is 0.117. The highest BCUT2D eigenvalue weighted by Crippen LogP contribution is 2.26. The fourth-order valence-corrected chi connectivity index (χ4v) is 2.17. The molecular formula is C19H22N2O5. The van der Waals surface area contributed by atoms with Crippen LogP contribution >= 0.6 is 0 Å². The van der Waals surface area contributed by atoms with E-state index in [-0.39, 0.29) is 18.9 Å². The van der Waals surface area contributed by atoms with E-state index in [2.05, 4.69) is 10.9 Å². The van der Waals surface area contributed by atoms with E-state index in [4.69, 9.17) is 14.2 Å². The van der Waals surface area contributed by atoms with Crippen LogP contribution in [-0.4, -0.2) is 32.1 Å². The van der Waals surface area contributed by atoms with Gasteiger partial charge in [-0.2, -0.15) is 0 Å². The van der Waals surface area contributed by atoms with Crippen LogP contribution in [0.2, 0.25) is 0 Å². The van der Waals surface area contributed by atoms with Gasteiger partial charge in [-0.15, -0.1) is 0 Å². The molecule has 0 aliphatic rings. The lowest BCUT2D eigenvalue weighted by atomic mass is 10.1. The molecule has 0 saturated carbocycles. The number of hydrogen-bond donors (Lipinski definition) is 2. The minimum absolute atomic E-state index is 0.117. The third kappa shape index (κ3) is 6.01. The summed E-state index contributed by atoms with van der Waals surface area (Å²) in [5, 5.41) is 0. The monoisotopic (exact) mass is 358 g/mol. The van der Waals surface area contributed by atoms with Crippen LogP contribution in [0.3, 0.4) is 0 Å². The average molecular weight is 358 g/mol. The maximum atomic E-state index is 11.9. The smallest absolute Gasteiger partial charge is 0.276 e. The SMILES string of the molecule is CCOc1ccccc1OCC(=O)NNC(=O)Cc1cccc(OC)c1. The molecule has 2 amide bonds. The number of ether oxygens (including phenoxy) is 3. The van der Waals surface area contributed by atoms with Crippen LogP contribution < -0.4 is 25.1 Å². The predicted molar refractivity (Wildman–Crippen MR) is 96.1 cm³/mol. The van der Waals surface area contributed by atoms with Crippen molar-refractivity contribution in [2.75, 3.05) is 20.3 Å². The Morgan fingerprint density at radius 3 is 2.31 bits per heavy atom. The van der Waals surface area contributed by atoms with Crippen LogP contribution in [-0.2, 0) is 16.0 Å². The molecule has 0 aliphatic carbocycles. The molecule has 138 valence electrons. The Morgan fingerprint density at radius 2 is 1.62 bits per heavy atom. The zero-order valence-corrected chi connectivity index (χ0v) is 14.8. The molecule has 26 heavy (non-hydrogen) atoms. The van der Waals surface area contributed by atoms with Crippen molar-refractivity contribution in [3.8, 4) is 17.2 Å². The van der Waals surface area contributed by atoms with Crippen LogP contribution in [0.5, 0.6) is 17.2 Å². The highest BCUT2D eigenvalue weighted by atomic mass is 16.5. The summed E-state index contributed by atoms with van der Waals surface area (Å²) in [6, 6.07) is 14.2. The number of methoxy groups -OCH3 is 1. The normalized spacial score (nSPS) is 9.92. The number of hydrogen-bond acceptors (Lipinski definition) is 5. The van der Waals surface area contributed by atoms with Crippen molar-refractivity contribution in [2.45, 2.75) is 13.3 Å². The van der Waals surface area contributed by atoms with Gasteiger partial charge in [0.2, 0.25) is 5.91 Å². The topological polar surface area (TPSA) is 85.9 Å². The van der Waals surface area contributed by atoms with E-state index in [1.807, 2.05) is 13.0 Å². The molecule has 0 fully saturated rings. The Bertz CT molecular complexity index is 748. The summed E-state index contributed by atoms with van der Waals surface area (Å²) in [7, 11) is 1.56. The maximum Gasteiger partial charge on any atom is 0.276 e. The highest BCUT2D eigenvalue weighted by molar-refractivity contribution is 5.83. The fraction of sp³-hybridized carbons (Fsp3) is 0.263. The van der Waals surface area contributed by atoms with Gasteiger partial charge in [0, 0.05) is 0 Å². The Hall–Kier alpha value is -3.22. The quantitative estimate of drug-likeness (QED) is 0.704. The second-order valence-corrected chi connectivity index (χ2v) is 5.29. The summed E-state index contributed by atoms with van der Waals surface area (Å²) in [4.78, 5) is 23.7. The minimum atomic E-state index is -0.477. The van der Waals surface area contributed by atoms with Gasteiger partial charge in [-0.25, -0.2) is 0 Å². The largest absolute Gasteiger partial charge is 0.497 e. The van der Waals surface area contributed by atoms with E-state index in [1.165, 1.54) is 0 Å². The van der Waals surface area contributed by atoms with Crippen LogP contribution in [0.4, 0.5) is 0 Å². The highest BCUT2D eigenvalue weighted by Gasteiger charge is 2.09. The number of amides is 2. The Labute approximate surface area is 152 Å². The molecule has 0 aliphatic heterocycles. The van der Waals surface area contributed by atoms with Gasteiger partial charge in [0.05, 0.1) is 20.1 Å². The van der Waals surface area contributed by atoms with Gasteiger partial charge in [0.15, 0.2) is 18.1 Å². The number of nitrogens with one attached hydrogen (secondary N) is 2. The van der Waals surface area contributed by atoms with E-state index in [0.717, 1.165) is 5.56 Å². The molecule has 7 heteroatoms. The Balaban J connectivity index is 1.77. The van der Waals surface area contributed by atoms with Crippen LogP contribution in [0.25, 0.3) is 0 Å². The van der Waals surface area contributed by atoms with Crippen molar-refractivity contribution < 1.29 is 23.8 Å². The van der Waals surface area contributed by atoms with E-state index < -0.39 is 5.91 Å². The zero-order valence-electron chi connectivity index (χ0n) is 14.8. The van der Waals surface area contributed by atoms with E-state index in [0.29, 0.717) is 23.9 Å². The van der Waals surface area contributed by atoms with E-state index in [9.17, 15) is 9.59 Å². The molecule has 0 radical (unpaired) electrons. The number of rotatable bonds is 8. The molecule has 0 atom stereocenters. The number of carbonyl (C=O) groups is 2. The molecule has 0 spiro atoms. The van der Waals surface area contributed by atoms with Crippen LogP contribution in [0.1, 0.15) is 12.5 Å². The molecule has 0 saturated heterocycles. The van der Waals surface area contributed by atoms with Gasteiger partial charge >= 0.3 is 0 Å². The van der Waals surface area contributed by atoms with Gasteiger partial charge in [-0.1, -0.05) is 24.3 Å². The molecule has 2 aromatic carbocycles. The van der Waals surface area contributed by atoms with Gasteiger partial charge < -0.3 is 14.2 Å². The van der Waals surface area contributed by atoms with Crippen molar-refractivity contribution in [1.82, 2.24) is 10.9 Å². The third-order valence-electron chi connectivity index (χ3n) is 3.35. The molecule has 0 heterocycles. The molecule has 0 unspecified atom stereocenters. The second-order valence-electron chi connectivity index (χ2n) is 5.29. The van der Waals surface area contributed by atoms with Gasteiger partial charge in [-0.05, 0) is 36.8 Å². The Morgan fingerprint density at radius 1 is 0.923 bits per heavy atom. The molecule has 2 rings (SSSR count). The fourth-order valence-electron chi connectivity index (χ4n) is 2.17. The van der Waals surface area contributed by atoms with E-state index >= 15 is 0 Å². The zero-order chi connectivity index (χ0) is 18.8. The number of benzene rings is 2. The summed E-state index contributed by atoms with van der Waals surface area (Å²) >= 11 is 0. The van der Waals surface area contributed by atoms with Gasteiger partial charge in [-0.3, -0.25) is 20.4 Å². The number of carbonyl (C=O) groups excluding carboxylic acids is 2. The lowest BCUT2D eigenvalue weighted by molar-refractivity contribution is -0.129. The standard InChI is InChI=1S/C19H22N2O5/c1-3-25-16-9-4-5-10-17(16)26-13-19(23)21-20-18(22)12-14-7-6-8-15(11-14)24-2/h4-11H,3,12-13H2,1-2H3,(H,20,22)(H,21,23). The maximum absolute atomic E-state index is 11.9. The Kier molecular flexibility index (Phi) is 7.30. The first kappa shape index (κ1) is 19.1. The summed E-state index contributed by atoms with van der Waals surface area (Å²) in [5.41, 5.74) is 5.45. The molecule has 0 aromatic heterocycles. The average Bonchev–Trinajstić information content (AvgIpc) is 2.66. The summed E-state index contributed by atoms with van der Waals surface area (Å²) < 4.78 is 16.0. The predicted octanol–water partition coefficient (Wildman–Crippen LogP) is 1.86. The number of hydrazine groups is 1. The molecule has 0 bridgehead atoms. The van der Waals surface area contributed by atoms with Gasteiger partial charge in [0.25, 0.3) is 5.91 Å². The first-order chi connectivity index (χ1) is 12.6.